The Labute approximate surface area is 123 Å². The zero-order valence-electron chi connectivity index (χ0n) is 13.9. The third-order valence-corrected chi connectivity index (χ3v) is 5.05. The quantitative estimate of drug-likeness (QED) is 0.790. The molecule has 4 nitrogen and oxygen atoms in total. The van der Waals surface area contributed by atoms with E-state index in [1.165, 1.54) is 12.8 Å². The highest BCUT2D eigenvalue weighted by Crippen LogP contribution is 2.39. The van der Waals surface area contributed by atoms with E-state index in [-0.39, 0.29) is 17.3 Å². The molecule has 2 aliphatic heterocycles. The SMILES string of the molecule is CN1CCC(N(C)CC2C(=O)C(C)(C)OC2(C)C)CC1. The second-order valence-electron chi connectivity index (χ2n) is 7.61. The fourth-order valence-corrected chi connectivity index (χ4v) is 3.69. The van der Waals surface area contributed by atoms with Gasteiger partial charge in [-0.25, -0.2) is 0 Å². The first-order valence-electron chi connectivity index (χ1n) is 7.77. The molecule has 0 saturated carbocycles. The molecule has 116 valence electrons. The maximum absolute atomic E-state index is 12.6. The van der Waals surface area contributed by atoms with E-state index >= 15 is 0 Å². The Bertz CT molecular complexity index is 371. The summed E-state index contributed by atoms with van der Waals surface area (Å²) in [5.41, 5.74) is -0.998. The number of piperidine rings is 1. The molecule has 2 rings (SSSR count). The van der Waals surface area contributed by atoms with Crippen LogP contribution >= 0.6 is 0 Å². The second-order valence-corrected chi connectivity index (χ2v) is 7.61. The molecule has 0 aromatic heterocycles. The van der Waals surface area contributed by atoms with E-state index in [1.54, 1.807) is 0 Å². The molecule has 0 N–H and O–H groups in total. The topological polar surface area (TPSA) is 32.8 Å². The summed E-state index contributed by atoms with van der Waals surface area (Å²) < 4.78 is 5.98. The first-order valence-corrected chi connectivity index (χ1v) is 7.77. The Morgan fingerprint density at radius 1 is 1.25 bits per heavy atom. The molecule has 0 spiro atoms. The Hall–Kier alpha value is -0.450. The minimum atomic E-state index is -0.637. The Morgan fingerprint density at radius 2 is 1.80 bits per heavy atom. The van der Waals surface area contributed by atoms with Gasteiger partial charge in [-0.2, -0.15) is 0 Å². The van der Waals surface area contributed by atoms with E-state index in [0.29, 0.717) is 6.04 Å². The predicted octanol–water partition coefficient (Wildman–Crippen LogP) is 1.79. The van der Waals surface area contributed by atoms with Gasteiger partial charge in [0.25, 0.3) is 0 Å². The van der Waals surface area contributed by atoms with Gasteiger partial charge in [0, 0.05) is 12.6 Å². The molecule has 0 aromatic carbocycles. The number of likely N-dealkylation sites (tertiary alicyclic amines) is 1. The highest BCUT2D eigenvalue weighted by Gasteiger charge is 2.53. The average Bonchev–Trinajstić information content (AvgIpc) is 2.48. The lowest BCUT2D eigenvalue weighted by atomic mass is 9.85. The van der Waals surface area contributed by atoms with Crippen molar-refractivity contribution in [3.05, 3.63) is 0 Å². The number of rotatable bonds is 3. The van der Waals surface area contributed by atoms with Crippen LogP contribution in [0.25, 0.3) is 0 Å². The van der Waals surface area contributed by atoms with Crippen LogP contribution in [0.3, 0.4) is 0 Å². The standard InChI is InChI=1S/C16H30N2O2/c1-15(2)13(14(19)16(3,4)20-15)11-18(6)12-7-9-17(5)10-8-12/h12-13H,7-11H2,1-6H3. The summed E-state index contributed by atoms with van der Waals surface area (Å²) >= 11 is 0. The first kappa shape index (κ1) is 15.9. The van der Waals surface area contributed by atoms with Crippen molar-refractivity contribution in [2.24, 2.45) is 5.92 Å². The summed E-state index contributed by atoms with van der Waals surface area (Å²) in [6.45, 7) is 11.0. The van der Waals surface area contributed by atoms with Gasteiger partial charge < -0.3 is 14.5 Å². The van der Waals surface area contributed by atoms with E-state index in [2.05, 4.69) is 23.9 Å². The van der Waals surface area contributed by atoms with Gasteiger partial charge in [-0.3, -0.25) is 4.79 Å². The summed E-state index contributed by atoms with van der Waals surface area (Å²) in [7, 11) is 4.33. The molecule has 0 aliphatic carbocycles. The van der Waals surface area contributed by atoms with Crippen LogP contribution in [0.1, 0.15) is 40.5 Å². The maximum atomic E-state index is 12.6. The van der Waals surface area contributed by atoms with Gasteiger partial charge in [-0.15, -0.1) is 0 Å². The zero-order valence-corrected chi connectivity index (χ0v) is 13.9. The van der Waals surface area contributed by atoms with E-state index in [0.717, 1.165) is 19.6 Å². The number of carbonyl (C=O) groups is 1. The summed E-state index contributed by atoms with van der Waals surface area (Å²) in [6.07, 6.45) is 2.39. The van der Waals surface area contributed by atoms with Crippen molar-refractivity contribution in [2.75, 3.05) is 33.7 Å². The molecule has 2 fully saturated rings. The Kier molecular flexibility index (Phi) is 4.30. The summed E-state index contributed by atoms with van der Waals surface area (Å²) in [6, 6.07) is 0.596. The third-order valence-electron chi connectivity index (χ3n) is 5.05. The molecule has 4 heteroatoms. The number of hydrogen-bond acceptors (Lipinski definition) is 4. The molecule has 2 aliphatic rings. The van der Waals surface area contributed by atoms with Crippen LogP contribution in [0.4, 0.5) is 0 Å². The highest BCUT2D eigenvalue weighted by molar-refractivity contribution is 5.91. The smallest absolute Gasteiger partial charge is 0.171 e. The van der Waals surface area contributed by atoms with Crippen LogP contribution in [-0.4, -0.2) is 66.6 Å². The molecule has 2 heterocycles. The number of ketones is 1. The van der Waals surface area contributed by atoms with E-state index < -0.39 is 5.60 Å². The number of hydrogen-bond donors (Lipinski definition) is 0. The summed E-state index contributed by atoms with van der Waals surface area (Å²) in [4.78, 5) is 17.3. The minimum Gasteiger partial charge on any atom is -0.361 e. The van der Waals surface area contributed by atoms with Crippen LogP contribution in [0.2, 0.25) is 0 Å². The van der Waals surface area contributed by atoms with Crippen molar-refractivity contribution in [1.29, 1.82) is 0 Å². The summed E-state index contributed by atoms with van der Waals surface area (Å²) in [5, 5.41) is 0. The van der Waals surface area contributed by atoms with Gasteiger partial charge in [0.15, 0.2) is 5.78 Å². The van der Waals surface area contributed by atoms with Gasteiger partial charge in [-0.1, -0.05) is 0 Å². The van der Waals surface area contributed by atoms with E-state index in [1.807, 2.05) is 27.7 Å². The molecule has 1 atom stereocenters. The first-order chi connectivity index (χ1) is 9.13. The van der Waals surface area contributed by atoms with Crippen molar-refractivity contribution in [3.8, 4) is 0 Å². The van der Waals surface area contributed by atoms with Crippen LogP contribution in [0.15, 0.2) is 0 Å². The second kappa shape index (κ2) is 5.39. The van der Waals surface area contributed by atoms with Gasteiger partial charge in [0.05, 0.1) is 11.5 Å². The average molecular weight is 282 g/mol. The molecule has 2 saturated heterocycles. The molecule has 1 unspecified atom stereocenters. The minimum absolute atomic E-state index is 0.0258. The number of nitrogens with zero attached hydrogens (tertiary/aromatic N) is 2. The van der Waals surface area contributed by atoms with Crippen molar-refractivity contribution in [3.63, 3.8) is 0 Å². The number of carbonyl (C=O) groups excluding carboxylic acids is 1. The Balaban J connectivity index is 2.00. The fraction of sp³-hybridized carbons (Fsp3) is 0.938. The molecule has 0 radical (unpaired) electrons. The molecule has 0 aromatic rings. The molecule has 20 heavy (non-hydrogen) atoms. The lowest BCUT2D eigenvalue weighted by molar-refractivity contribution is -0.132. The van der Waals surface area contributed by atoms with Crippen molar-refractivity contribution in [2.45, 2.75) is 57.8 Å². The Morgan fingerprint density at radius 3 is 2.25 bits per heavy atom. The van der Waals surface area contributed by atoms with Gasteiger partial charge in [0.2, 0.25) is 0 Å². The van der Waals surface area contributed by atoms with Crippen molar-refractivity contribution >= 4 is 5.78 Å². The van der Waals surface area contributed by atoms with Crippen LogP contribution in [-0.2, 0) is 9.53 Å². The van der Waals surface area contributed by atoms with Crippen LogP contribution in [0, 0.1) is 5.92 Å². The monoisotopic (exact) mass is 282 g/mol. The van der Waals surface area contributed by atoms with Crippen molar-refractivity contribution < 1.29 is 9.53 Å². The molecule has 0 amide bonds. The largest absolute Gasteiger partial charge is 0.361 e. The third kappa shape index (κ3) is 3.07. The normalized spacial score (nSPS) is 31.1. The van der Waals surface area contributed by atoms with Gasteiger partial charge in [0.1, 0.15) is 5.60 Å². The fourth-order valence-electron chi connectivity index (χ4n) is 3.69. The van der Waals surface area contributed by atoms with Crippen LogP contribution in [0.5, 0.6) is 0 Å². The van der Waals surface area contributed by atoms with Gasteiger partial charge in [-0.05, 0) is 67.7 Å². The van der Waals surface area contributed by atoms with E-state index in [4.69, 9.17) is 4.74 Å². The van der Waals surface area contributed by atoms with Gasteiger partial charge >= 0.3 is 0 Å². The van der Waals surface area contributed by atoms with E-state index in [9.17, 15) is 4.79 Å². The summed E-state index contributed by atoms with van der Waals surface area (Å²) in [5.74, 6) is 0.226. The molecule has 0 bridgehead atoms. The lowest BCUT2D eigenvalue weighted by Crippen LogP contribution is -2.47. The maximum Gasteiger partial charge on any atom is 0.171 e. The zero-order chi connectivity index (χ0) is 15.1. The van der Waals surface area contributed by atoms with Crippen LogP contribution < -0.4 is 0 Å². The van der Waals surface area contributed by atoms with Crippen molar-refractivity contribution in [1.82, 2.24) is 9.80 Å². The number of Topliss-reactive ketones (excluding diaryl/α,β-unsaturated/α-hetero) is 1. The molecular weight excluding hydrogens is 252 g/mol. The lowest BCUT2D eigenvalue weighted by Gasteiger charge is -2.37. The number of ether oxygens (including phenoxy) is 1. The highest BCUT2D eigenvalue weighted by atomic mass is 16.5. The molecular formula is C16H30N2O2. The predicted molar refractivity (Wildman–Crippen MR) is 80.9 cm³/mol.